The van der Waals surface area contributed by atoms with E-state index in [1.54, 1.807) is 6.07 Å². The molecule has 6 nitrogen and oxygen atoms in total. The number of nitrogens with one attached hydrogen (secondary N) is 1. The molecule has 2 aromatic carbocycles. The van der Waals surface area contributed by atoms with Crippen LogP contribution in [0.2, 0.25) is 0 Å². The maximum Gasteiger partial charge on any atom is 0.254 e. The minimum atomic E-state index is -0.618. The average Bonchev–Trinajstić information content (AvgIpc) is 3.68. The van der Waals surface area contributed by atoms with Gasteiger partial charge in [0.25, 0.3) is 5.91 Å². The summed E-state index contributed by atoms with van der Waals surface area (Å²) in [6.07, 6.45) is 2.51. The lowest BCUT2D eigenvalue weighted by molar-refractivity contribution is -0.128. The number of amides is 2. The van der Waals surface area contributed by atoms with Gasteiger partial charge in [0.2, 0.25) is 5.91 Å². The summed E-state index contributed by atoms with van der Waals surface area (Å²) < 4.78 is 14.3. The van der Waals surface area contributed by atoms with Crippen LogP contribution in [0.4, 0.5) is 4.39 Å². The summed E-state index contributed by atoms with van der Waals surface area (Å²) in [7, 11) is 1.51. The highest BCUT2D eigenvalue weighted by Crippen LogP contribution is 2.33. The summed E-state index contributed by atoms with van der Waals surface area (Å²) in [6, 6.07) is 13.6. The van der Waals surface area contributed by atoms with Crippen LogP contribution in [0.15, 0.2) is 53.5 Å². The lowest BCUT2D eigenvalue weighted by Gasteiger charge is -2.22. The van der Waals surface area contributed by atoms with Crippen molar-refractivity contribution in [1.82, 2.24) is 10.2 Å². The fourth-order valence-electron chi connectivity index (χ4n) is 3.00. The van der Waals surface area contributed by atoms with Crippen molar-refractivity contribution >= 4 is 17.8 Å². The van der Waals surface area contributed by atoms with E-state index in [4.69, 9.17) is 5.73 Å². The van der Waals surface area contributed by atoms with E-state index in [0.29, 0.717) is 24.4 Å². The molecule has 1 fully saturated rings. The Kier molecular flexibility index (Phi) is 12.4. The van der Waals surface area contributed by atoms with E-state index in [1.807, 2.05) is 58.0 Å². The molecule has 3 rings (SSSR count). The normalized spacial score (nSPS) is 12.5. The number of benzene rings is 2. The number of guanidine groups is 1. The molecule has 0 unspecified atom stereocenters. The van der Waals surface area contributed by atoms with Gasteiger partial charge in [0.05, 0.1) is 12.1 Å². The first-order chi connectivity index (χ1) is 16.0. The largest absolute Gasteiger partial charge is 0.369 e. The molecule has 3 N–H and O–H groups in total. The Bertz CT molecular complexity index is 912. The van der Waals surface area contributed by atoms with E-state index < -0.39 is 11.7 Å². The highest BCUT2D eigenvalue weighted by molar-refractivity contribution is 5.97. The van der Waals surface area contributed by atoms with Crippen LogP contribution in [0.5, 0.6) is 0 Å². The summed E-state index contributed by atoms with van der Waals surface area (Å²) in [5, 5.41) is 2.72. The molecular formula is C26H37FN4O2. The van der Waals surface area contributed by atoms with E-state index in [2.05, 4.69) is 10.3 Å². The van der Waals surface area contributed by atoms with Crippen LogP contribution in [-0.2, 0) is 17.9 Å². The first kappa shape index (κ1) is 27.8. The van der Waals surface area contributed by atoms with Crippen LogP contribution in [0.3, 0.4) is 0 Å². The summed E-state index contributed by atoms with van der Waals surface area (Å²) in [4.78, 5) is 30.3. The van der Waals surface area contributed by atoms with Crippen LogP contribution < -0.4 is 11.1 Å². The van der Waals surface area contributed by atoms with Gasteiger partial charge >= 0.3 is 0 Å². The molecule has 0 radical (unpaired) electrons. The Morgan fingerprint density at radius 2 is 1.70 bits per heavy atom. The van der Waals surface area contributed by atoms with Crippen molar-refractivity contribution in [3.63, 3.8) is 0 Å². The summed E-state index contributed by atoms with van der Waals surface area (Å²) in [6.45, 7) is 8.43. The summed E-state index contributed by atoms with van der Waals surface area (Å²) in [5.41, 5.74) is 7.36. The maximum absolute atomic E-state index is 14.3. The van der Waals surface area contributed by atoms with Crippen molar-refractivity contribution in [2.24, 2.45) is 16.6 Å². The summed E-state index contributed by atoms with van der Waals surface area (Å²) >= 11 is 0. The number of aliphatic imine (C=N–C) groups is 1. The van der Waals surface area contributed by atoms with Gasteiger partial charge in [0, 0.05) is 20.0 Å². The van der Waals surface area contributed by atoms with Gasteiger partial charge in [-0.05, 0) is 42.0 Å². The number of carbonyl (C=O) groups is 2. The van der Waals surface area contributed by atoms with Gasteiger partial charge in [-0.15, -0.1) is 0 Å². The lowest BCUT2D eigenvalue weighted by atomic mass is 10.1. The molecule has 0 aromatic heterocycles. The van der Waals surface area contributed by atoms with Crippen molar-refractivity contribution < 1.29 is 14.0 Å². The van der Waals surface area contributed by atoms with Crippen LogP contribution in [0.25, 0.3) is 0 Å². The van der Waals surface area contributed by atoms with Gasteiger partial charge in [0.15, 0.2) is 5.96 Å². The second kappa shape index (κ2) is 14.8. The van der Waals surface area contributed by atoms with E-state index in [9.17, 15) is 14.0 Å². The minimum absolute atomic E-state index is 0.0694. The second-order valence-corrected chi connectivity index (χ2v) is 7.19. The summed E-state index contributed by atoms with van der Waals surface area (Å²) in [5.74, 6) is -0.735. The van der Waals surface area contributed by atoms with Crippen LogP contribution >= 0.6 is 0 Å². The third-order valence-electron chi connectivity index (χ3n) is 4.88. The number of hydrogen-bond acceptors (Lipinski definition) is 3. The molecule has 0 aliphatic heterocycles. The number of nitrogens with zero attached hydrogens (tertiary/aromatic N) is 2. The number of carbonyl (C=O) groups excluding carboxylic acids is 2. The smallest absolute Gasteiger partial charge is 0.254 e. The second-order valence-electron chi connectivity index (χ2n) is 7.19. The predicted molar refractivity (Wildman–Crippen MR) is 132 cm³/mol. The molecule has 2 aromatic rings. The average molecular weight is 457 g/mol. The van der Waals surface area contributed by atoms with Crippen LogP contribution in [0.1, 0.15) is 68.4 Å². The molecule has 0 heterocycles. The first-order valence-electron chi connectivity index (χ1n) is 11.6. The SMILES string of the molecule is CC.CC.CN=C(N)N(Cc1ccc(F)c(C(=O)NCc2ccccc2)c1)C(=O)CC1CC1. The van der Waals surface area contributed by atoms with Gasteiger partial charge in [-0.3, -0.25) is 19.5 Å². The molecular weight excluding hydrogens is 419 g/mol. The van der Waals surface area contributed by atoms with E-state index >= 15 is 0 Å². The lowest BCUT2D eigenvalue weighted by Crippen LogP contribution is -2.41. The van der Waals surface area contributed by atoms with Gasteiger partial charge in [-0.1, -0.05) is 64.1 Å². The molecule has 7 heteroatoms. The van der Waals surface area contributed by atoms with E-state index in [-0.39, 0.29) is 24.0 Å². The Balaban J connectivity index is 0.00000129. The zero-order valence-electron chi connectivity index (χ0n) is 20.4. The maximum atomic E-state index is 14.3. The molecule has 180 valence electrons. The molecule has 0 spiro atoms. The molecule has 0 saturated heterocycles. The van der Waals surface area contributed by atoms with Gasteiger partial charge in [-0.2, -0.15) is 0 Å². The Hall–Kier alpha value is -3.22. The molecule has 1 aliphatic carbocycles. The third-order valence-corrected chi connectivity index (χ3v) is 4.88. The van der Waals surface area contributed by atoms with Crippen molar-refractivity contribution in [2.75, 3.05) is 7.05 Å². The molecule has 33 heavy (non-hydrogen) atoms. The van der Waals surface area contributed by atoms with Gasteiger partial charge in [0.1, 0.15) is 5.82 Å². The van der Waals surface area contributed by atoms with Crippen molar-refractivity contribution in [2.45, 2.75) is 60.0 Å². The zero-order chi connectivity index (χ0) is 24.8. The monoisotopic (exact) mass is 456 g/mol. The van der Waals surface area contributed by atoms with Crippen LogP contribution in [-0.4, -0.2) is 29.7 Å². The van der Waals surface area contributed by atoms with Crippen molar-refractivity contribution in [3.8, 4) is 0 Å². The molecule has 0 atom stereocenters. The molecule has 2 amide bonds. The van der Waals surface area contributed by atoms with Crippen LogP contribution in [0, 0.1) is 11.7 Å². The number of hydrogen-bond donors (Lipinski definition) is 2. The molecule has 0 bridgehead atoms. The van der Waals surface area contributed by atoms with Gasteiger partial charge in [-0.25, -0.2) is 4.39 Å². The fraction of sp³-hybridized carbons (Fsp3) is 0.423. The van der Waals surface area contributed by atoms with E-state index in [0.717, 1.165) is 18.4 Å². The highest BCUT2D eigenvalue weighted by Gasteiger charge is 2.28. The fourth-order valence-corrected chi connectivity index (χ4v) is 3.00. The Labute approximate surface area is 197 Å². The molecule has 1 aliphatic rings. The Morgan fingerprint density at radius 3 is 2.27 bits per heavy atom. The van der Waals surface area contributed by atoms with Crippen molar-refractivity contribution in [1.29, 1.82) is 0 Å². The zero-order valence-corrected chi connectivity index (χ0v) is 20.4. The van der Waals surface area contributed by atoms with Gasteiger partial charge < -0.3 is 11.1 Å². The Morgan fingerprint density at radius 1 is 1.06 bits per heavy atom. The third kappa shape index (κ3) is 9.04. The topological polar surface area (TPSA) is 87.8 Å². The molecule has 1 saturated carbocycles. The number of rotatable bonds is 7. The highest BCUT2D eigenvalue weighted by atomic mass is 19.1. The number of nitrogens with two attached hydrogens (primary N) is 1. The minimum Gasteiger partial charge on any atom is -0.369 e. The quantitative estimate of drug-likeness (QED) is 0.460. The first-order valence-corrected chi connectivity index (χ1v) is 11.6. The van der Waals surface area contributed by atoms with Crippen molar-refractivity contribution in [3.05, 3.63) is 71.0 Å². The predicted octanol–water partition coefficient (Wildman–Crippen LogP) is 4.88. The standard InChI is InChI=1S/C22H25FN4O2.2C2H6/c1-25-22(24)27(20(28)12-15-7-8-15)14-17-9-10-19(23)18(11-17)21(29)26-13-16-5-3-2-4-6-16;2*1-2/h2-6,9-11,15H,7-8,12-14H2,1H3,(H2,24,25)(H,26,29);2*1-2H3. The van der Waals surface area contributed by atoms with E-state index in [1.165, 1.54) is 24.1 Å². The number of halogens is 1.